The van der Waals surface area contributed by atoms with Crippen molar-refractivity contribution in [2.45, 2.75) is 25.5 Å². The van der Waals surface area contributed by atoms with Crippen LogP contribution in [0.5, 0.6) is 0 Å². The predicted molar refractivity (Wildman–Crippen MR) is 82.5 cm³/mol. The molecule has 0 aliphatic carbocycles. The minimum Gasteiger partial charge on any atom is -0.374 e. The van der Waals surface area contributed by atoms with Crippen molar-refractivity contribution in [3.8, 4) is 0 Å². The van der Waals surface area contributed by atoms with Crippen molar-refractivity contribution in [3.05, 3.63) is 34.1 Å². The van der Waals surface area contributed by atoms with Crippen molar-refractivity contribution in [2.75, 3.05) is 33.3 Å². The van der Waals surface area contributed by atoms with E-state index in [0.29, 0.717) is 0 Å². The van der Waals surface area contributed by atoms with Crippen molar-refractivity contribution in [2.24, 2.45) is 0 Å². The van der Waals surface area contributed by atoms with Gasteiger partial charge in [-0.3, -0.25) is 4.90 Å². The lowest BCUT2D eigenvalue weighted by Crippen LogP contribution is -2.52. The highest BCUT2D eigenvalue weighted by Crippen LogP contribution is 2.21. The summed E-state index contributed by atoms with van der Waals surface area (Å²) >= 11 is 3.44. The standard InChI is InChI=1S/C15H22BrFN2O/c1-3-19-6-7-20-15(10-19)14(18-2)8-11-4-5-12(17)9-13(11)16/h4-5,9,14-15,18H,3,6-8,10H2,1-2H3. The number of halogens is 2. The van der Waals surface area contributed by atoms with Crippen LogP contribution in [-0.4, -0.2) is 50.3 Å². The number of hydrogen-bond acceptors (Lipinski definition) is 3. The summed E-state index contributed by atoms with van der Waals surface area (Å²) in [5, 5.41) is 3.34. The van der Waals surface area contributed by atoms with E-state index in [4.69, 9.17) is 4.74 Å². The summed E-state index contributed by atoms with van der Waals surface area (Å²) < 4.78 is 19.9. The van der Waals surface area contributed by atoms with Gasteiger partial charge in [-0.1, -0.05) is 28.9 Å². The van der Waals surface area contributed by atoms with E-state index in [1.54, 1.807) is 0 Å². The molecule has 1 aromatic rings. The number of benzene rings is 1. The maximum atomic E-state index is 13.1. The van der Waals surface area contributed by atoms with Gasteiger partial charge in [0, 0.05) is 23.6 Å². The molecule has 0 spiro atoms. The zero-order valence-corrected chi connectivity index (χ0v) is 13.6. The molecule has 2 rings (SSSR count). The molecular formula is C15H22BrFN2O. The molecule has 112 valence electrons. The Morgan fingerprint density at radius 1 is 1.55 bits per heavy atom. The fourth-order valence-electron chi connectivity index (χ4n) is 2.61. The Bertz CT molecular complexity index is 444. The Hall–Kier alpha value is -0.490. The Labute approximate surface area is 128 Å². The number of morpholine rings is 1. The number of nitrogens with one attached hydrogen (secondary N) is 1. The van der Waals surface area contributed by atoms with Crippen LogP contribution in [0.25, 0.3) is 0 Å². The molecule has 0 saturated carbocycles. The quantitative estimate of drug-likeness (QED) is 0.887. The number of likely N-dealkylation sites (N-methyl/N-ethyl adjacent to an activating group) is 2. The van der Waals surface area contributed by atoms with Crippen LogP contribution in [0.15, 0.2) is 22.7 Å². The summed E-state index contributed by atoms with van der Waals surface area (Å²) in [5.74, 6) is -0.215. The summed E-state index contributed by atoms with van der Waals surface area (Å²) in [6.45, 7) is 5.95. The van der Waals surface area contributed by atoms with Gasteiger partial charge in [-0.2, -0.15) is 0 Å². The van der Waals surface area contributed by atoms with Crippen LogP contribution in [0, 0.1) is 5.82 Å². The lowest BCUT2D eigenvalue weighted by Gasteiger charge is -2.36. The van der Waals surface area contributed by atoms with Crippen molar-refractivity contribution in [3.63, 3.8) is 0 Å². The number of nitrogens with zero attached hydrogens (tertiary/aromatic N) is 1. The normalized spacial score (nSPS) is 21.9. The molecule has 0 aromatic heterocycles. The van der Waals surface area contributed by atoms with Crippen LogP contribution in [-0.2, 0) is 11.2 Å². The molecule has 1 N–H and O–H groups in total. The molecule has 0 amide bonds. The molecule has 1 saturated heterocycles. The smallest absolute Gasteiger partial charge is 0.124 e. The monoisotopic (exact) mass is 344 g/mol. The van der Waals surface area contributed by atoms with Crippen molar-refractivity contribution in [1.29, 1.82) is 0 Å². The fraction of sp³-hybridized carbons (Fsp3) is 0.600. The third-order valence-corrected chi connectivity index (χ3v) is 4.64. The highest BCUT2D eigenvalue weighted by atomic mass is 79.9. The maximum absolute atomic E-state index is 13.1. The van der Waals surface area contributed by atoms with Gasteiger partial charge in [-0.05, 0) is 37.7 Å². The summed E-state index contributed by atoms with van der Waals surface area (Å²) in [4.78, 5) is 2.40. The van der Waals surface area contributed by atoms with Gasteiger partial charge in [0.25, 0.3) is 0 Å². The summed E-state index contributed by atoms with van der Waals surface area (Å²) in [6.07, 6.45) is 0.991. The van der Waals surface area contributed by atoms with Gasteiger partial charge in [-0.25, -0.2) is 4.39 Å². The van der Waals surface area contributed by atoms with Crippen LogP contribution in [0.1, 0.15) is 12.5 Å². The fourth-order valence-corrected chi connectivity index (χ4v) is 3.12. The molecule has 1 aliphatic heterocycles. The first-order chi connectivity index (χ1) is 9.63. The molecule has 20 heavy (non-hydrogen) atoms. The molecule has 1 aromatic carbocycles. The van der Waals surface area contributed by atoms with Gasteiger partial charge in [0.1, 0.15) is 5.82 Å². The zero-order valence-electron chi connectivity index (χ0n) is 12.0. The van der Waals surface area contributed by atoms with E-state index in [9.17, 15) is 4.39 Å². The number of ether oxygens (including phenoxy) is 1. The molecule has 1 fully saturated rings. The van der Waals surface area contributed by atoms with Crippen LogP contribution in [0.2, 0.25) is 0 Å². The van der Waals surface area contributed by atoms with E-state index in [-0.39, 0.29) is 18.0 Å². The van der Waals surface area contributed by atoms with E-state index in [1.807, 2.05) is 13.1 Å². The Kier molecular flexibility index (Phi) is 5.96. The van der Waals surface area contributed by atoms with Crippen LogP contribution in [0.3, 0.4) is 0 Å². The second-order valence-electron chi connectivity index (χ2n) is 5.14. The first-order valence-corrected chi connectivity index (χ1v) is 7.88. The van der Waals surface area contributed by atoms with E-state index < -0.39 is 0 Å². The molecule has 5 heteroatoms. The van der Waals surface area contributed by atoms with Gasteiger partial charge >= 0.3 is 0 Å². The Morgan fingerprint density at radius 2 is 2.35 bits per heavy atom. The topological polar surface area (TPSA) is 24.5 Å². The summed E-state index contributed by atoms with van der Waals surface area (Å²) in [6, 6.07) is 5.09. The average molecular weight is 345 g/mol. The van der Waals surface area contributed by atoms with Gasteiger partial charge < -0.3 is 10.1 Å². The minimum atomic E-state index is -0.215. The van der Waals surface area contributed by atoms with Crippen molar-refractivity contribution < 1.29 is 9.13 Å². The third-order valence-electron chi connectivity index (χ3n) is 3.90. The second-order valence-corrected chi connectivity index (χ2v) is 5.99. The van der Waals surface area contributed by atoms with Gasteiger partial charge in [0.05, 0.1) is 12.7 Å². The molecule has 2 atom stereocenters. The van der Waals surface area contributed by atoms with Gasteiger partial charge in [0.15, 0.2) is 0 Å². The third kappa shape index (κ3) is 4.01. The molecule has 0 radical (unpaired) electrons. The maximum Gasteiger partial charge on any atom is 0.124 e. The lowest BCUT2D eigenvalue weighted by molar-refractivity contribution is -0.0436. The zero-order chi connectivity index (χ0) is 14.5. The highest BCUT2D eigenvalue weighted by molar-refractivity contribution is 9.10. The van der Waals surface area contributed by atoms with Crippen molar-refractivity contribution in [1.82, 2.24) is 10.2 Å². The SMILES string of the molecule is CCN1CCOC(C(Cc2ccc(F)cc2Br)NC)C1. The second kappa shape index (κ2) is 7.50. The summed E-state index contributed by atoms with van der Waals surface area (Å²) in [5.41, 5.74) is 1.10. The van der Waals surface area contributed by atoms with Crippen LogP contribution < -0.4 is 5.32 Å². The molecular weight excluding hydrogens is 323 g/mol. The van der Waals surface area contributed by atoms with E-state index in [1.165, 1.54) is 12.1 Å². The minimum absolute atomic E-state index is 0.172. The van der Waals surface area contributed by atoms with Gasteiger partial charge in [0.2, 0.25) is 0 Å². The molecule has 2 unspecified atom stereocenters. The number of rotatable bonds is 5. The lowest BCUT2D eigenvalue weighted by atomic mass is 10.00. The highest BCUT2D eigenvalue weighted by Gasteiger charge is 2.27. The van der Waals surface area contributed by atoms with E-state index in [2.05, 4.69) is 33.1 Å². The predicted octanol–water partition coefficient (Wildman–Crippen LogP) is 2.44. The summed E-state index contributed by atoms with van der Waals surface area (Å²) in [7, 11) is 1.95. The average Bonchev–Trinajstić information content (AvgIpc) is 2.46. The van der Waals surface area contributed by atoms with Crippen molar-refractivity contribution >= 4 is 15.9 Å². The van der Waals surface area contributed by atoms with E-state index in [0.717, 1.165) is 42.7 Å². The Balaban J connectivity index is 2.04. The molecule has 1 aliphatic rings. The van der Waals surface area contributed by atoms with E-state index >= 15 is 0 Å². The first kappa shape index (κ1) is 15.9. The number of hydrogen-bond donors (Lipinski definition) is 1. The molecule has 1 heterocycles. The van der Waals surface area contributed by atoms with Crippen LogP contribution in [0.4, 0.5) is 4.39 Å². The molecule has 0 bridgehead atoms. The largest absolute Gasteiger partial charge is 0.374 e. The Morgan fingerprint density at radius 3 is 3.00 bits per heavy atom. The first-order valence-electron chi connectivity index (χ1n) is 7.09. The molecule has 3 nitrogen and oxygen atoms in total. The van der Waals surface area contributed by atoms with Crippen LogP contribution >= 0.6 is 15.9 Å². The van der Waals surface area contributed by atoms with Gasteiger partial charge in [-0.15, -0.1) is 0 Å².